The lowest BCUT2D eigenvalue weighted by Crippen LogP contribution is -2.51. The van der Waals surface area contributed by atoms with Crippen LogP contribution in [0.4, 0.5) is 4.79 Å². The fourth-order valence-electron chi connectivity index (χ4n) is 4.03. The first kappa shape index (κ1) is 17.6. The number of amides is 3. The lowest BCUT2D eigenvalue weighted by Gasteiger charge is -2.32. The Morgan fingerprint density at radius 1 is 1.07 bits per heavy atom. The molecule has 27 heavy (non-hydrogen) atoms. The number of nitrogens with one attached hydrogen (secondary N) is 1. The van der Waals surface area contributed by atoms with E-state index >= 15 is 0 Å². The second-order valence-corrected chi connectivity index (χ2v) is 7.38. The van der Waals surface area contributed by atoms with Crippen molar-refractivity contribution in [2.24, 2.45) is 0 Å². The van der Waals surface area contributed by atoms with Crippen LogP contribution in [0.1, 0.15) is 29.5 Å². The van der Waals surface area contributed by atoms with Crippen molar-refractivity contribution in [2.75, 3.05) is 13.2 Å². The second-order valence-electron chi connectivity index (χ2n) is 7.38. The number of fused-ring (bicyclic) bond motifs is 1. The molecular formula is C22H24N2O3. The molecule has 2 aliphatic rings. The summed E-state index contributed by atoms with van der Waals surface area (Å²) in [6, 6.07) is 15.7. The summed E-state index contributed by atoms with van der Waals surface area (Å²) >= 11 is 0. The Hall–Kier alpha value is -2.82. The number of hydrogen-bond donors (Lipinski definition) is 1. The van der Waals surface area contributed by atoms with Crippen LogP contribution in [0.3, 0.4) is 0 Å². The number of imide groups is 1. The summed E-state index contributed by atoms with van der Waals surface area (Å²) < 4.78 is 5.78. The smallest absolute Gasteiger partial charge is 0.325 e. The Kier molecular flexibility index (Phi) is 4.60. The summed E-state index contributed by atoms with van der Waals surface area (Å²) in [5.74, 6) is 0.743. The standard InChI is InChI=1S/C22H24N2O3/c1-16-7-2-5-10-19(16)27-14-6-13-24-20(25)22(23-21(24)26)12-11-17-8-3-4-9-18(17)15-22/h2-5,7-10H,6,11-15H2,1H3,(H,23,26). The number of hydrogen-bond acceptors (Lipinski definition) is 3. The van der Waals surface area contributed by atoms with Crippen LogP contribution in [0.25, 0.3) is 0 Å². The lowest BCUT2D eigenvalue weighted by atomic mass is 9.78. The van der Waals surface area contributed by atoms with Gasteiger partial charge in [-0.1, -0.05) is 42.5 Å². The summed E-state index contributed by atoms with van der Waals surface area (Å²) in [4.78, 5) is 26.8. The van der Waals surface area contributed by atoms with Gasteiger partial charge in [0.25, 0.3) is 5.91 Å². The lowest BCUT2D eigenvalue weighted by molar-refractivity contribution is -0.131. The van der Waals surface area contributed by atoms with Crippen molar-refractivity contribution >= 4 is 11.9 Å². The maximum Gasteiger partial charge on any atom is 0.325 e. The molecule has 3 amide bonds. The molecule has 1 aliphatic carbocycles. The Morgan fingerprint density at radius 2 is 1.81 bits per heavy atom. The average Bonchev–Trinajstić information content (AvgIpc) is 2.90. The molecule has 1 fully saturated rings. The van der Waals surface area contributed by atoms with E-state index in [-0.39, 0.29) is 11.9 Å². The van der Waals surface area contributed by atoms with Crippen molar-refractivity contribution in [3.8, 4) is 5.75 Å². The van der Waals surface area contributed by atoms with Gasteiger partial charge in [-0.2, -0.15) is 0 Å². The highest BCUT2D eigenvalue weighted by molar-refractivity contribution is 6.07. The minimum Gasteiger partial charge on any atom is -0.493 e. The van der Waals surface area contributed by atoms with Crippen molar-refractivity contribution in [1.29, 1.82) is 0 Å². The van der Waals surface area contributed by atoms with Crippen LogP contribution in [0.2, 0.25) is 0 Å². The second kappa shape index (κ2) is 7.06. The van der Waals surface area contributed by atoms with Gasteiger partial charge in [0.2, 0.25) is 0 Å². The van der Waals surface area contributed by atoms with Gasteiger partial charge < -0.3 is 10.1 Å². The number of para-hydroxylation sites is 1. The topological polar surface area (TPSA) is 58.6 Å². The quantitative estimate of drug-likeness (QED) is 0.654. The number of rotatable bonds is 5. The molecule has 1 saturated heterocycles. The van der Waals surface area contributed by atoms with Gasteiger partial charge in [0.1, 0.15) is 11.3 Å². The van der Waals surface area contributed by atoms with E-state index in [0.29, 0.717) is 32.4 Å². The summed E-state index contributed by atoms with van der Waals surface area (Å²) in [6.45, 7) is 2.84. The van der Waals surface area contributed by atoms with Gasteiger partial charge in [0, 0.05) is 13.0 Å². The van der Waals surface area contributed by atoms with Crippen LogP contribution in [0, 0.1) is 6.92 Å². The predicted octanol–water partition coefficient (Wildman–Crippen LogP) is 3.24. The van der Waals surface area contributed by atoms with Crippen molar-refractivity contribution < 1.29 is 14.3 Å². The monoisotopic (exact) mass is 364 g/mol. The normalized spacial score (nSPS) is 21.3. The largest absolute Gasteiger partial charge is 0.493 e. The SMILES string of the molecule is Cc1ccccc1OCCCN1C(=O)NC2(CCc3ccccc3C2)C1=O. The predicted molar refractivity (Wildman–Crippen MR) is 103 cm³/mol. The molecule has 5 nitrogen and oxygen atoms in total. The third kappa shape index (κ3) is 3.29. The van der Waals surface area contributed by atoms with E-state index in [1.807, 2.05) is 49.4 Å². The number of carbonyl (C=O) groups is 2. The van der Waals surface area contributed by atoms with Crippen LogP contribution in [0.15, 0.2) is 48.5 Å². The molecule has 2 aromatic rings. The Balaban J connectivity index is 1.37. The maximum absolute atomic E-state index is 13.0. The molecule has 5 heteroatoms. The molecule has 0 saturated carbocycles. The number of carbonyl (C=O) groups excluding carboxylic acids is 2. The minimum absolute atomic E-state index is 0.0992. The summed E-state index contributed by atoms with van der Waals surface area (Å²) in [5.41, 5.74) is 2.73. The molecule has 1 atom stereocenters. The fourth-order valence-corrected chi connectivity index (χ4v) is 4.03. The fraction of sp³-hybridized carbons (Fsp3) is 0.364. The summed E-state index contributed by atoms with van der Waals surface area (Å²) in [7, 11) is 0. The van der Waals surface area contributed by atoms with Gasteiger partial charge in [-0.25, -0.2) is 4.79 Å². The highest BCUT2D eigenvalue weighted by atomic mass is 16.5. The zero-order valence-electron chi connectivity index (χ0n) is 15.5. The van der Waals surface area contributed by atoms with Gasteiger partial charge in [-0.05, 0) is 48.9 Å². The van der Waals surface area contributed by atoms with Crippen LogP contribution in [0.5, 0.6) is 5.75 Å². The Bertz CT molecular complexity index is 879. The van der Waals surface area contributed by atoms with Crippen LogP contribution in [-0.4, -0.2) is 35.5 Å². The first-order valence-corrected chi connectivity index (χ1v) is 9.48. The van der Waals surface area contributed by atoms with E-state index in [2.05, 4.69) is 11.4 Å². The molecule has 1 spiro atoms. The van der Waals surface area contributed by atoms with Gasteiger partial charge in [0.15, 0.2) is 0 Å². The number of aryl methyl sites for hydroxylation is 2. The zero-order valence-corrected chi connectivity index (χ0v) is 15.5. The van der Waals surface area contributed by atoms with Crippen molar-refractivity contribution in [1.82, 2.24) is 10.2 Å². The molecular weight excluding hydrogens is 340 g/mol. The van der Waals surface area contributed by atoms with Crippen molar-refractivity contribution in [3.05, 3.63) is 65.2 Å². The minimum atomic E-state index is -0.775. The highest BCUT2D eigenvalue weighted by Gasteiger charge is 2.51. The molecule has 0 bridgehead atoms. The Morgan fingerprint density at radius 3 is 2.63 bits per heavy atom. The molecule has 140 valence electrons. The van der Waals surface area contributed by atoms with E-state index in [0.717, 1.165) is 23.3 Å². The number of benzene rings is 2. The Labute approximate surface area is 159 Å². The van der Waals surface area contributed by atoms with Crippen LogP contribution >= 0.6 is 0 Å². The molecule has 1 N–H and O–H groups in total. The molecule has 0 aromatic heterocycles. The highest BCUT2D eigenvalue weighted by Crippen LogP contribution is 2.33. The van der Waals surface area contributed by atoms with E-state index in [4.69, 9.17) is 4.74 Å². The zero-order chi connectivity index (χ0) is 18.9. The summed E-state index contributed by atoms with van der Waals surface area (Å²) in [6.07, 6.45) is 2.65. The van der Waals surface area contributed by atoms with E-state index in [1.165, 1.54) is 10.5 Å². The van der Waals surface area contributed by atoms with Gasteiger partial charge in [-0.3, -0.25) is 9.69 Å². The maximum atomic E-state index is 13.0. The number of ether oxygens (including phenoxy) is 1. The van der Waals surface area contributed by atoms with E-state index in [9.17, 15) is 9.59 Å². The van der Waals surface area contributed by atoms with Crippen molar-refractivity contribution in [3.63, 3.8) is 0 Å². The van der Waals surface area contributed by atoms with Crippen LogP contribution < -0.4 is 10.1 Å². The first-order chi connectivity index (χ1) is 13.1. The van der Waals surface area contributed by atoms with Crippen molar-refractivity contribution in [2.45, 2.75) is 38.1 Å². The molecule has 1 unspecified atom stereocenters. The molecule has 1 heterocycles. The van der Waals surface area contributed by atoms with Gasteiger partial charge >= 0.3 is 6.03 Å². The third-order valence-corrected chi connectivity index (χ3v) is 5.55. The van der Waals surface area contributed by atoms with Gasteiger partial charge in [-0.15, -0.1) is 0 Å². The third-order valence-electron chi connectivity index (χ3n) is 5.55. The molecule has 1 aliphatic heterocycles. The molecule has 2 aromatic carbocycles. The number of nitrogens with zero attached hydrogens (tertiary/aromatic N) is 1. The summed E-state index contributed by atoms with van der Waals surface area (Å²) in [5, 5.41) is 2.97. The first-order valence-electron chi connectivity index (χ1n) is 9.48. The average molecular weight is 364 g/mol. The number of urea groups is 1. The molecule has 4 rings (SSSR count). The van der Waals surface area contributed by atoms with Crippen LogP contribution in [-0.2, 0) is 17.6 Å². The van der Waals surface area contributed by atoms with E-state index in [1.54, 1.807) is 0 Å². The van der Waals surface area contributed by atoms with E-state index < -0.39 is 5.54 Å². The molecule has 0 radical (unpaired) electrons. The van der Waals surface area contributed by atoms with Gasteiger partial charge in [0.05, 0.1) is 6.61 Å².